The van der Waals surface area contributed by atoms with Crippen LogP contribution in [0.5, 0.6) is 0 Å². The summed E-state index contributed by atoms with van der Waals surface area (Å²) in [6.45, 7) is 3.89. The molecule has 0 aliphatic carbocycles. The molecule has 3 N–H and O–H groups in total. The van der Waals surface area contributed by atoms with Crippen molar-refractivity contribution < 1.29 is 18.0 Å². The maximum Gasteiger partial charge on any atom is 0.416 e. The molecule has 0 bridgehead atoms. The summed E-state index contributed by atoms with van der Waals surface area (Å²) in [7, 11) is 0. The molecule has 0 spiro atoms. The molecule has 1 saturated heterocycles. The SMILES string of the molecule is Cc1cc(N2CCCC2)nc(Nc2ccc(NC(=O)Nc3cccc(C(F)(F)F)c3)cc2)n1. The maximum atomic E-state index is 12.8. The van der Waals surface area contributed by atoms with E-state index in [0.717, 1.165) is 55.3 Å². The molecule has 2 aromatic carbocycles. The fourth-order valence-electron chi connectivity index (χ4n) is 3.55. The molecule has 2 amide bonds. The molecule has 4 rings (SSSR count). The number of benzene rings is 2. The third-order valence-corrected chi connectivity index (χ3v) is 5.12. The first-order chi connectivity index (χ1) is 15.8. The molecule has 2 heterocycles. The van der Waals surface area contributed by atoms with Crippen molar-refractivity contribution in [3.63, 3.8) is 0 Å². The molecule has 1 aliphatic rings. The highest BCUT2D eigenvalue weighted by atomic mass is 19.4. The van der Waals surface area contributed by atoms with Gasteiger partial charge in [0.2, 0.25) is 5.95 Å². The summed E-state index contributed by atoms with van der Waals surface area (Å²) in [5.41, 5.74) is 1.29. The Bertz CT molecular complexity index is 1130. The second-order valence-corrected chi connectivity index (χ2v) is 7.75. The smallest absolute Gasteiger partial charge is 0.356 e. The molecule has 1 aliphatic heterocycles. The standard InChI is InChI=1S/C23H23F3N6O/c1-15-13-20(32-11-2-3-12-32)31-21(27-15)28-17-7-9-18(10-8-17)29-22(33)30-19-6-4-5-16(14-19)23(24,25)26/h4-10,13-14H,2-3,11-12H2,1H3,(H,27,28,31)(H2,29,30,33). The number of hydrogen-bond acceptors (Lipinski definition) is 5. The number of aromatic nitrogens is 2. The van der Waals surface area contributed by atoms with E-state index in [1.165, 1.54) is 12.1 Å². The minimum Gasteiger partial charge on any atom is -0.356 e. The highest BCUT2D eigenvalue weighted by molar-refractivity contribution is 5.99. The van der Waals surface area contributed by atoms with Gasteiger partial charge in [-0.15, -0.1) is 0 Å². The number of rotatable bonds is 5. The molecule has 33 heavy (non-hydrogen) atoms. The Balaban J connectivity index is 1.37. The third-order valence-electron chi connectivity index (χ3n) is 5.12. The van der Waals surface area contributed by atoms with Crippen molar-refractivity contribution in [3.8, 4) is 0 Å². The van der Waals surface area contributed by atoms with Crippen LogP contribution in [0, 0.1) is 6.92 Å². The highest BCUT2D eigenvalue weighted by Crippen LogP contribution is 2.30. The van der Waals surface area contributed by atoms with E-state index < -0.39 is 17.8 Å². The van der Waals surface area contributed by atoms with Crippen molar-refractivity contribution in [2.45, 2.75) is 25.9 Å². The molecule has 3 aromatic rings. The zero-order chi connectivity index (χ0) is 23.4. The summed E-state index contributed by atoms with van der Waals surface area (Å²) in [5, 5.41) is 8.17. The Hall–Kier alpha value is -3.82. The van der Waals surface area contributed by atoms with E-state index >= 15 is 0 Å². The average Bonchev–Trinajstić information content (AvgIpc) is 3.29. The van der Waals surface area contributed by atoms with Gasteiger partial charge in [-0.1, -0.05) is 6.07 Å². The number of nitrogens with one attached hydrogen (secondary N) is 3. The van der Waals surface area contributed by atoms with E-state index in [-0.39, 0.29) is 5.69 Å². The molecule has 0 radical (unpaired) electrons. The number of amides is 2. The second kappa shape index (κ2) is 9.35. The Morgan fingerprint density at radius 2 is 1.58 bits per heavy atom. The van der Waals surface area contributed by atoms with Gasteiger partial charge in [-0.2, -0.15) is 18.2 Å². The van der Waals surface area contributed by atoms with Crippen LogP contribution in [-0.4, -0.2) is 29.1 Å². The van der Waals surface area contributed by atoms with Gasteiger partial charge in [0.25, 0.3) is 0 Å². The predicted octanol–water partition coefficient (Wildman–Crippen LogP) is 5.79. The van der Waals surface area contributed by atoms with Crippen LogP contribution in [0.3, 0.4) is 0 Å². The van der Waals surface area contributed by atoms with E-state index in [4.69, 9.17) is 0 Å². The van der Waals surface area contributed by atoms with E-state index in [2.05, 4.69) is 30.8 Å². The number of hydrogen-bond donors (Lipinski definition) is 3. The van der Waals surface area contributed by atoms with E-state index in [1.54, 1.807) is 24.3 Å². The minimum absolute atomic E-state index is 0.0472. The zero-order valence-electron chi connectivity index (χ0n) is 17.9. The maximum absolute atomic E-state index is 12.8. The number of carbonyl (C=O) groups excluding carboxylic acids is 1. The highest BCUT2D eigenvalue weighted by Gasteiger charge is 2.30. The number of aryl methyl sites for hydroxylation is 1. The first kappa shape index (κ1) is 22.4. The van der Waals surface area contributed by atoms with Gasteiger partial charge in [-0.05, 0) is 62.2 Å². The van der Waals surface area contributed by atoms with Crippen molar-refractivity contribution in [2.75, 3.05) is 33.9 Å². The first-order valence-corrected chi connectivity index (χ1v) is 10.5. The fraction of sp³-hybridized carbons (Fsp3) is 0.261. The normalized spacial score (nSPS) is 13.6. The lowest BCUT2D eigenvalue weighted by atomic mass is 10.2. The third kappa shape index (κ3) is 5.91. The van der Waals surface area contributed by atoms with Crippen LogP contribution in [-0.2, 0) is 6.18 Å². The summed E-state index contributed by atoms with van der Waals surface area (Å²) >= 11 is 0. The van der Waals surface area contributed by atoms with Gasteiger partial charge in [0.1, 0.15) is 5.82 Å². The van der Waals surface area contributed by atoms with E-state index in [0.29, 0.717) is 11.6 Å². The lowest BCUT2D eigenvalue weighted by molar-refractivity contribution is -0.137. The van der Waals surface area contributed by atoms with E-state index in [9.17, 15) is 18.0 Å². The lowest BCUT2D eigenvalue weighted by Gasteiger charge is -2.17. The van der Waals surface area contributed by atoms with E-state index in [1.807, 2.05) is 13.0 Å². The van der Waals surface area contributed by atoms with Gasteiger partial charge >= 0.3 is 12.2 Å². The molecule has 7 nitrogen and oxygen atoms in total. The molecular weight excluding hydrogens is 433 g/mol. The lowest BCUT2D eigenvalue weighted by Crippen LogP contribution is -2.20. The minimum atomic E-state index is -4.48. The first-order valence-electron chi connectivity index (χ1n) is 10.5. The van der Waals surface area contributed by atoms with Crippen LogP contribution in [0.15, 0.2) is 54.6 Å². The van der Waals surface area contributed by atoms with Crippen molar-refractivity contribution in [2.24, 2.45) is 0 Å². The Labute approximate surface area is 189 Å². The number of anilines is 5. The molecule has 10 heteroatoms. The Morgan fingerprint density at radius 1 is 0.909 bits per heavy atom. The van der Waals surface area contributed by atoms with Crippen molar-refractivity contribution in [3.05, 3.63) is 65.9 Å². The molecule has 0 atom stereocenters. The summed E-state index contributed by atoms with van der Waals surface area (Å²) < 4.78 is 38.5. The Morgan fingerprint density at radius 3 is 2.27 bits per heavy atom. The van der Waals surface area contributed by atoms with Crippen LogP contribution in [0.4, 0.5) is 46.8 Å². The molecule has 1 fully saturated rings. The van der Waals surface area contributed by atoms with Crippen LogP contribution in [0.2, 0.25) is 0 Å². The largest absolute Gasteiger partial charge is 0.416 e. The van der Waals surface area contributed by atoms with Gasteiger partial charge < -0.3 is 20.9 Å². The van der Waals surface area contributed by atoms with Crippen LogP contribution < -0.4 is 20.9 Å². The van der Waals surface area contributed by atoms with Gasteiger partial charge in [-0.25, -0.2) is 9.78 Å². The summed E-state index contributed by atoms with van der Waals surface area (Å²) in [6, 6.07) is 12.6. The number of alkyl halides is 3. The van der Waals surface area contributed by atoms with Gasteiger partial charge in [-0.3, -0.25) is 0 Å². The molecule has 0 unspecified atom stereocenters. The second-order valence-electron chi connectivity index (χ2n) is 7.75. The zero-order valence-corrected chi connectivity index (χ0v) is 17.9. The summed E-state index contributed by atoms with van der Waals surface area (Å²) in [6.07, 6.45) is -2.17. The van der Waals surface area contributed by atoms with Crippen LogP contribution in [0.25, 0.3) is 0 Å². The molecule has 172 valence electrons. The van der Waals surface area contributed by atoms with Crippen molar-refractivity contribution in [1.82, 2.24) is 9.97 Å². The quantitative estimate of drug-likeness (QED) is 0.453. The average molecular weight is 456 g/mol. The topological polar surface area (TPSA) is 82.2 Å². The van der Waals surface area contributed by atoms with Crippen molar-refractivity contribution >= 4 is 34.9 Å². The van der Waals surface area contributed by atoms with Crippen LogP contribution >= 0.6 is 0 Å². The predicted molar refractivity (Wildman–Crippen MR) is 122 cm³/mol. The fourth-order valence-corrected chi connectivity index (χ4v) is 3.55. The number of nitrogens with zero attached hydrogens (tertiary/aromatic N) is 3. The number of carbonyl (C=O) groups is 1. The Kier molecular flexibility index (Phi) is 6.34. The summed E-state index contributed by atoms with van der Waals surface area (Å²) in [4.78, 5) is 23.4. The molecule has 1 aromatic heterocycles. The van der Waals surface area contributed by atoms with Crippen LogP contribution in [0.1, 0.15) is 24.1 Å². The summed E-state index contributed by atoms with van der Waals surface area (Å²) in [5.74, 6) is 1.38. The van der Waals surface area contributed by atoms with Gasteiger partial charge in [0.05, 0.1) is 5.56 Å². The van der Waals surface area contributed by atoms with Gasteiger partial charge in [0, 0.05) is 41.9 Å². The van der Waals surface area contributed by atoms with Gasteiger partial charge in [0.15, 0.2) is 0 Å². The number of halogens is 3. The molecule has 0 saturated carbocycles. The number of urea groups is 1. The monoisotopic (exact) mass is 456 g/mol. The molecular formula is C23H23F3N6O. The van der Waals surface area contributed by atoms with Crippen molar-refractivity contribution in [1.29, 1.82) is 0 Å².